The molecule has 22 heavy (non-hydrogen) atoms. The zero-order valence-electron chi connectivity index (χ0n) is 12.9. The first-order valence-electron chi connectivity index (χ1n) is 7.05. The molecule has 1 aliphatic rings. The third-order valence-electron chi connectivity index (χ3n) is 3.49. The average molecular weight is 338 g/mol. The van der Waals surface area contributed by atoms with Crippen molar-refractivity contribution in [3.8, 4) is 0 Å². The molecule has 1 aliphatic carbocycles. The molecule has 0 aromatic carbocycles. The van der Waals surface area contributed by atoms with Gasteiger partial charge in [0.25, 0.3) is 0 Å². The van der Waals surface area contributed by atoms with Crippen molar-refractivity contribution in [3.63, 3.8) is 0 Å². The second kappa shape index (κ2) is 7.35. The number of alkyl halides is 3. The minimum Gasteiger partial charge on any atom is -0.376 e. The fourth-order valence-electron chi connectivity index (χ4n) is 2.12. The van der Waals surface area contributed by atoms with E-state index in [0.717, 1.165) is 12.8 Å². The van der Waals surface area contributed by atoms with Crippen LogP contribution in [0.15, 0.2) is 35.6 Å². The number of hydrogen-bond donors (Lipinski definition) is 0. The molecule has 0 bridgehead atoms. The Kier molecular flexibility index (Phi) is 6.28. The first-order valence-corrected chi connectivity index (χ1v) is 8.46. The monoisotopic (exact) mass is 338 g/mol. The highest BCUT2D eigenvalue weighted by Gasteiger charge is 2.48. The molecule has 7 heteroatoms. The van der Waals surface area contributed by atoms with Crippen molar-refractivity contribution in [3.05, 3.63) is 35.6 Å². The second-order valence-electron chi connectivity index (χ2n) is 5.68. The Morgan fingerprint density at radius 2 is 2.09 bits per heavy atom. The molecule has 0 amide bonds. The Labute approximate surface area is 129 Å². The van der Waals surface area contributed by atoms with Crippen LogP contribution in [0.3, 0.4) is 0 Å². The van der Waals surface area contributed by atoms with Crippen molar-refractivity contribution in [1.82, 2.24) is 0 Å². The fourth-order valence-corrected chi connectivity index (χ4v) is 2.60. The van der Waals surface area contributed by atoms with E-state index in [1.807, 2.05) is 13.8 Å². The van der Waals surface area contributed by atoms with Gasteiger partial charge in [0.05, 0.1) is 0 Å². The molecule has 0 saturated carbocycles. The van der Waals surface area contributed by atoms with Crippen LogP contribution >= 0.6 is 0 Å². The summed E-state index contributed by atoms with van der Waals surface area (Å²) in [5, 5.41) is 0. The van der Waals surface area contributed by atoms with Gasteiger partial charge in [0, 0.05) is 0 Å². The average Bonchev–Trinajstić information content (AvgIpc) is 2.37. The second-order valence-corrected chi connectivity index (χ2v) is 7.22. The lowest BCUT2D eigenvalue weighted by atomic mass is 9.85. The van der Waals surface area contributed by atoms with Crippen molar-refractivity contribution in [1.29, 1.82) is 0 Å². The highest BCUT2D eigenvalue weighted by molar-refractivity contribution is 7.87. The van der Waals surface area contributed by atoms with Crippen LogP contribution in [0.4, 0.5) is 13.2 Å². The zero-order chi connectivity index (χ0) is 17.0. The maximum absolute atomic E-state index is 12.2. The largest absolute Gasteiger partial charge is 0.534 e. The van der Waals surface area contributed by atoms with E-state index in [4.69, 9.17) is 0 Å². The Morgan fingerprint density at radius 3 is 2.55 bits per heavy atom. The van der Waals surface area contributed by atoms with E-state index in [9.17, 15) is 21.6 Å². The molecule has 0 aromatic rings. The standard InChI is InChI=1S/C15H21F3O3S/c1-11(2)5-4-6-12(3)13-7-9-14(10-8-13)21-22(19,20)15(16,17)18/h5,7,9-10,12-13H,4,6,8H2,1-3H3/t12-,13+/m0/s1. The van der Waals surface area contributed by atoms with Gasteiger partial charge in [-0.3, -0.25) is 0 Å². The van der Waals surface area contributed by atoms with E-state index in [2.05, 4.69) is 17.2 Å². The van der Waals surface area contributed by atoms with Gasteiger partial charge in [-0.15, -0.1) is 0 Å². The van der Waals surface area contributed by atoms with Gasteiger partial charge in [-0.2, -0.15) is 21.6 Å². The van der Waals surface area contributed by atoms with E-state index in [1.54, 1.807) is 6.08 Å². The summed E-state index contributed by atoms with van der Waals surface area (Å²) in [6.07, 6.45) is 8.93. The van der Waals surface area contributed by atoms with Crippen LogP contribution in [0.5, 0.6) is 0 Å². The first-order chi connectivity index (χ1) is 10.0. The molecular formula is C15H21F3O3S. The van der Waals surface area contributed by atoms with Gasteiger partial charge in [0.2, 0.25) is 0 Å². The summed E-state index contributed by atoms with van der Waals surface area (Å²) in [7, 11) is -5.59. The van der Waals surface area contributed by atoms with Gasteiger partial charge in [-0.25, -0.2) is 0 Å². The summed E-state index contributed by atoms with van der Waals surface area (Å²) in [4.78, 5) is 0. The molecule has 0 heterocycles. The number of allylic oxidation sites excluding steroid dienone is 5. The molecule has 126 valence electrons. The minimum absolute atomic E-state index is 0.173. The maximum Gasteiger partial charge on any atom is 0.534 e. The SMILES string of the molecule is CC(C)=CCC[C@H](C)[C@@H]1C=CC(OS(=O)(=O)C(F)(F)F)=CC1. The van der Waals surface area contributed by atoms with E-state index >= 15 is 0 Å². The molecule has 0 spiro atoms. The van der Waals surface area contributed by atoms with Gasteiger partial charge in [0.1, 0.15) is 5.76 Å². The van der Waals surface area contributed by atoms with Crippen molar-refractivity contribution in [2.45, 2.75) is 45.5 Å². The number of halogens is 3. The summed E-state index contributed by atoms with van der Waals surface area (Å²) in [6, 6.07) is 0. The fraction of sp³-hybridized carbons (Fsp3) is 0.600. The Bertz CT molecular complexity index is 567. The molecular weight excluding hydrogens is 317 g/mol. The van der Waals surface area contributed by atoms with Crippen LogP contribution in [0.2, 0.25) is 0 Å². The van der Waals surface area contributed by atoms with Gasteiger partial charge in [0.15, 0.2) is 0 Å². The van der Waals surface area contributed by atoms with Gasteiger partial charge in [-0.05, 0) is 57.1 Å². The molecule has 0 fully saturated rings. The highest BCUT2D eigenvalue weighted by atomic mass is 32.2. The molecule has 2 atom stereocenters. The molecule has 0 unspecified atom stereocenters. The molecule has 0 aliphatic heterocycles. The zero-order valence-corrected chi connectivity index (χ0v) is 13.7. The lowest BCUT2D eigenvalue weighted by molar-refractivity contribution is -0.0520. The Morgan fingerprint density at radius 1 is 1.45 bits per heavy atom. The number of hydrogen-bond acceptors (Lipinski definition) is 3. The van der Waals surface area contributed by atoms with Crippen molar-refractivity contribution >= 4 is 10.1 Å². The Balaban J connectivity index is 2.57. The first kappa shape index (κ1) is 18.8. The predicted molar refractivity (Wildman–Crippen MR) is 79.2 cm³/mol. The summed E-state index contributed by atoms with van der Waals surface area (Å²) in [5.41, 5.74) is -4.16. The van der Waals surface area contributed by atoms with Crippen LogP contribution in [0.1, 0.15) is 40.0 Å². The summed E-state index contributed by atoms with van der Waals surface area (Å²) >= 11 is 0. The normalized spacial score (nSPS) is 20.3. The quantitative estimate of drug-likeness (QED) is 0.401. The molecule has 0 aromatic heterocycles. The van der Waals surface area contributed by atoms with Crippen LogP contribution in [0.25, 0.3) is 0 Å². The van der Waals surface area contributed by atoms with Gasteiger partial charge >= 0.3 is 15.6 Å². The van der Waals surface area contributed by atoms with E-state index in [-0.39, 0.29) is 11.7 Å². The summed E-state index contributed by atoms with van der Waals surface area (Å²) < 4.78 is 62.6. The predicted octanol–water partition coefficient (Wildman–Crippen LogP) is 4.70. The van der Waals surface area contributed by atoms with Crippen molar-refractivity contribution < 1.29 is 25.8 Å². The van der Waals surface area contributed by atoms with Gasteiger partial charge in [-0.1, -0.05) is 24.6 Å². The third-order valence-corrected chi connectivity index (χ3v) is 4.47. The molecule has 0 radical (unpaired) electrons. The number of rotatable bonds is 6. The topological polar surface area (TPSA) is 43.4 Å². The van der Waals surface area contributed by atoms with Crippen LogP contribution in [0, 0.1) is 11.8 Å². The molecule has 0 saturated heterocycles. The minimum atomic E-state index is -5.59. The van der Waals surface area contributed by atoms with Crippen LogP contribution in [-0.4, -0.2) is 13.9 Å². The lowest BCUT2D eigenvalue weighted by Gasteiger charge is -2.22. The molecule has 3 nitrogen and oxygen atoms in total. The van der Waals surface area contributed by atoms with E-state index in [1.165, 1.54) is 17.7 Å². The van der Waals surface area contributed by atoms with Crippen molar-refractivity contribution in [2.24, 2.45) is 11.8 Å². The maximum atomic E-state index is 12.2. The smallest absolute Gasteiger partial charge is 0.376 e. The van der Waals surface area contributed by atoms with Crippen LogP contribution in [-0.2, 0) is 14.3 Å². The molecule has 1 rings (SSSR count). The van der Waals surface area contributed by atoms with E-state index in [0.29, 0.717) is 12.3 Å². The van der Waals surface area contributed by atoms with Crippen LogP contribution < -0.4 is 0 Å². The Hall–Kier alpha value is -1.24. The third kappa shape index (κ3) is 5.51. The summed E-state index contributed by atoms with van der Waals surface area (Å²) in [5.74, 6) is 0.250. The lowest BCUT2D eigenvalue weighted by Crippen LogP contribution is -2.25. The molecule has 0 N–H and O–H groups in total. The highest BCUT2D eigenvalue weighted by Crippen LogP contribution is 2.31. The van der Waals surface area contributed by atoms with E-state index < -0.39 is 15.6 Å². The van der Waals surface area contributed by atoms with Gasteiger partial charge < -0.3 is 4.18 Å². The summed E-state index contributed by atoms with van der Waals surface area (Å²) in [6.45, 7) is 6.12. The van der Waals surface area contributed by atoms with Crippen molar-refractivity contribution in [2.75, 3.05) is 0 Å².